The van der Waals surface area contributed by atoms with Gasteiger partial charge < -0.3 is 18.9 Å². The van der Waals surface area contributed by atoms with Gasteiger partial charge in [0.05, 0.1) is 27.9 Å². The quantitative estimate of drug-likeness (QED) is 0.460. The molecule has 32 heavy (non-hydrogen) atoms. The average molecular weight is 437 g/mol. The molecule has 0 unspecified atom stereocenters. The highest BCUT2D eigenvalue weighted by Gasteiger charge is 2.26. The largest absolute Gasteiger partial charge is 0.494 e. The molecule has 3 rings (SSSR count). The van der Waals surface area contributed by atoms with E-state index in [0.29, 0.717) is 59.3 Å². The summed E-state index contributed by atoms with van der Waals surface area (Å²) in [6.07, 6.45) is 5.54. The first-order valence-electron chi connectivity index (χ1n) is 10.3. The summed E-state index contributed by atoms with van der Waals surface area (Å²) in [4.78, 5) is 27.1. The summed E-state index contributed by atoms with van der Waals surface area (Å²) in [5.74, 6) is 1.38. The van der Waals surface area contributed by atoms with Gasteiger partial charge in [-0.15, -0.1) is 0 Å². The third-order valence-electron chi connectivity index (χ3n) is 5.00. The number of ether oxygens (including phenoxy) is 4. The van der Waals surface area contributed by atoms with Gasteiger partial charge in [-0.05, 0) is 60.9 Å². The fourth-order valence-corrected chi connectivity index (χ4v) is 3.45. The lowest BCUT2D eigenvalue weighted by atomic mass is 10.00. The normalized spacial score (nSPS) is 13.7. The van der Waals surface area contributed by atoms with E-state index in [9.17, 15) is 9.59 Å². The van der Waals surface area contributed by atoms with Crippen LogP contribution in [0.25, 0.3) is 11.6 Å². The minimum absolute atomic E-state index is 0.331. The van der Waals surface area contributed by atoms with Gasteiger partial charge in [-0.25, -0.2) is 0 Å². The zero-order valence-corrected chi connectivity index (χ0v) is 18.7. The number of rotatable bonds is 8. The summed E-state index contributed by atoms with van der Waals surface area (Å²) in [7, 11) is 4.59. The van der Waals surface area contributed by atoms with Crippen LogP contribution in [0.15, 0.2) is 48.6 Å². The highest BCUT2D eigenvalue weighted by Crippen LogP contribution is 2.39. The van der Waals surface area contributed by atoms with E-state index in [1.54, 1.807) is 48.6 Å². The summed E-state index contributed by atoms with van der Waals surface area (Å²) >= 11 is 0. The van der Waals surface area contributed by atoms with Gasteiger partial charge in [0, 0.05) is 12.1 Å². The van der Waals surface area contributed by atoms with E-state index in [2.05, 4.69) is 0 Å². The minimum atomic E-state index is -0.378. The summed E-state index contributed by atoms with van der Waals surface area (Å²) in [5.41, 5.74) is 1.69. The molecule has 0 fully saturated rings. The molecule has 0 N–H and O–H groups in total. The standard InChI is InChI=1S/C25H27NO6/c1-5-32-19-11-9-18(10-12-19)20(25(28)26-13-7-6-8-23(26)27)14-17-15-21(29-2)24(31-4)22(16-17)30-3/h6,8-12,14-16H,5,7,13H2,1-4H3/b20-14+. The van der Waals surface area contributed by atoms with E-state index in [1.807, 2.05) is 6.92 Å². The van der Waals surface area contributed by atoms with E-state index in [0.717, 1.165) is 0 Å². The maximum Gasteiger partial charge on any atom is 0.261 e. The van der Waals surface area contributed by atoms with Gasteiger partial charge in [0.15, 0.2) is 11.5 Å². The Kier molecular flexibility index (Phi) is 7.54. The second-order valence-corrected chi connectivity index (χ2v) is 6.96. The number of nitrogens with zero attached hydrogens (tertiary/aromatic N) is 1. The predicted molar refractivity (Wildman–Crippen MR) is 122 cm³/mol. The van der Waals surface area contributed by atoms with E-state index >= 15 is 0 Å². The van der Waals surface area contributed by atoms with Crippen molar-refractivity contribution in [2.45, 2.75) is 13.3 Å². The Balaban J connectivity index is 2.11. The van der Waals surface area contributed by atoms with Crippen LogP contribution in [-0.4, -0.2) is 51.2 Å². The Labute approximate surface area is 187 Å². The molecule has 0 saturated carbocycles. The zero-order chi connectivity index (χ0) is 23.1. The smallest absolute Gasteiger partial charge is 0.261 e. The Bertz CT molecular complexity index is 1010. The molecule has 2 aromatic carbocycles. The molecule has 0 saturated heterocycles. The number of hydrogen-bond acceptors (Lipinski definition) is 6. The molecule has 2 amide bonds. The van der Waals surface area contributed by atoms with Crippen molar-refractivity contribution < 1.29 is 28.5 Å². The van der Waals surface area contributed by atoms with Gasteiger partial charge in [0.1, 0.15) is 5.75 Å². The highest BCUT2D eigenvalue weighted by atomic mass is 16.5. The zero-order valence-electron chi connectivity index (χ0n) is 18.7. The fourth-order valence-electron chi connectivity index (χ4n) is 3.45. The second kappa shape index (κ2) is 10.5. The lowest BCUT2D eigenvalue weighted by Crippen LogP contribution is -2.38. The van der Waals surface area contributed by atoms with Crippen LogP contribution in [0.1, 0.15) is 24.5 Å². The van der Waals surface area contributed by atoms with E-state index in [-0.39, 0.29) is 11.8 Å². The first-order valence-corrected chi connectivity index (χ1v) is 10.3. The third-order valence-corrected chi connectivity index (χ3v) is 5.00. The fraction of sp³-hybridized carbons (Fsp3) is 0.280. The Morgan fingerprint density at radius 2 is 1.69 bits per heavy atom. The summed E-state index contributed by atoms with van der Waals surface area (Å²) in [5, 5.41) is 0. The molecule has 0 radical (unpaired) electrons. The van der Waals surface area contributed by atoms with Crippen LogP contribution in [-0.2, 0) is 9.59 Å². The molecule has 1 aliphatic rings. The maximum absolute atomic E-state index is 13.4. The lowest BCUT2D eigenvalue weighted by molar-refractivity contribution is -0.138. The molecule has 0 atom stereocenters. The van der Waals surface area contributed by atoms with Crippen molar-refractivity contribution >= 4 is 23.5 Å². The lowest BCUT2D eigenvalue weighted by Gasteiger charge is -2.23. The van der Waals surface area contributed by atoms with Gasteiger partial charge in [0.25, 0.3) is 11.8 Å². The average Bonchev–Trinajstić information content (AvgIpc) is 2.82. The minimum Gasteiger partial charge on any atom is -0.494 e. The third kappa shape index (κ3) is 4.94. The van der Waals surface area contributed by atoms with Crippen LogP contribution >= 0.6 is 0 Å². The molecule has 0 bridgehead atoms. The molecule has 2 aromatic rings. The number of benzene rings is 2. The van der Waals surface area contributed by atoms with Crippen LogP contribution in [0.4, 0.5) is 0 Å². The molecule has 1 heterocycles. The van der Waals surface area contributed by atoms with Crippen LogP contribution in [0, 0.1) is 0 Å². The van der Waals surface area contributed by atoms with Crippen LogP contribution < -0.4 is 18.9 Å². The Morgan fingerprint density at radius 3 is 2.22 bits per heavy atom. The molecular weight excluding hydrogens is 410 g/mol. The van der Waals surface area contributed by atoms with Crippen LogP contribution in [0.3, 0.4) is 0 Å². The van der Waals surface area contributed by atoms with Crippen molar-refractivity contribution in [1.29, 1.82) is 0 Å². The van der Waals surface area contributed by atoms with Crippen LogP contribution in [0.5, 0.6) is 23.0 Å². The SMILES string of the molecule is CCOc1ccc(/C(=C\c2cc(OC)c(OC)c(OC)c2)C(=O)N2CCC=CC2=O)cc1. The molecule has 0 aliphatic carbocycles. The molecule has 0 spiro atoms. The van der Waals surface area contributed by atoms with E-state index in [4.69, 9.17) is 18.9 Å². The van der Waals surface area contributed by atoms with E-state index in [1.165, 1.54) is 32.3 Å². The van der Waals surface area contributed by atoms with Gasteiger partial charge in [-0.3, -0.25) is 14.5 Å². The van der Waals surface area contributed by atoms with Gasteiger partial charge >= 0.3 is 0 Å². The van der Waals surface area contributed by atoms with Crippen molar-refractivity contribution in [2.75, 3.05) is 34.5 Å². The monoisotopic (exact) mass is 437 g/mol. The Hall–Kier alpha value is -3.74. The highest BCUT2D eigenvalue weighted by molar-refractivity contribution is 6.28. The molecular formula is C25H27NO6. The summed E-state index contributed by atoms with van der Waals surface area (Å²) in [6, 6.07) is 10.7. The van der Waals surface area contributed by atoms with Crippen molar-refractivity contribution in [3.63, 3.8) is 0 Å². The van der Waals surface area contributed by atoms with Gasteiger partial charge in [-0.2, -0.15) is 0 Å². The predicted octanol–water partition coefficient (Wildman–Crippen LogP) is 3.97. The van der Waals surface area contributed by atoms with Gasteiger partial charge in [0.2, 0.25) is 5.75 Å². The maximum atomic E-state index is 13.4. The molecule has 7 heteroatoms. The first kappa shape index (κ1) is 22.9. The number of methoxy groups -OCH3 is 3. The molecule has 168 valence electrons. The molecule has 0 aromatic heterocycles. The van der Waals surface area contributed by atoms with Gasteiger partial charge in [-0.1, -0.05) is 18.2 Å². The summed E-state index contributed by atoms with van der Waals surface area (Å²) < 4.78 is 21.8. The van der Waals surface area contributed by atoms with Crippen molar-refractivity contribution in [3.05, 3.63) is 59.7 Å². The topological polar surface area (TPSA) is 74.3 Å². The number of hydrogen-bond donors (Lipinski definition) is 0. The number of carbonyl (C=O) groups excluding carboxylic acids is 2. The van der Waals surface area contributed by atoms with Crippen molar-refractivity contribution in [1.82, 2.24) is 4.90 Å². The number of amides is 2. The molecule has 1 aliphatic heterocycles. The number of imide groups is 1. The van der Waals surface area contributed by atoms with Crippen LogP contribution in [0.2, 0.25) is 0 Å². The van der Waals surface area contributed by atoms with Crippen molar-refractivity contribution in [3.8, 4) is 23.0 Å². The first-order chi connectivity index (χ1) is 15.5. The van der Waals surface area contributed by atoms with Crippen molar-refractivity contribution in [2.24, 2.45) is 0 Å². The molecule has 7 nitrogen and oxygen atoms in total. The number of carbonyl (C=O) groups is 2. The summed E-state index contributed by atoms with van der Waals surface area (Å²) in [6.45, 7) is 2.78. The Morgan fingerprint density at radius 1 is 1.03 bits per heavy atom. The second-order valence-electron chi connectivity index (χ2n) is 6.96. The van der Waals surface area contributed by atoms with E-state index < -0.39 is 0 Å².